The molecule has 1 aliphatic rings. The lowest BCUT2D eigenvalue weighted by molar-refractivity contribution is 0.745. The van der Waals surface area contributed by atoms with E-state index in [-0.39, 0.29) is 0 Å². The van der Waals surface area contributed by atoms with Crippen LogP contribution in [0.4, 0.5) is 11.9 Å². The van der Waals surface area contributed by atoms with Crippen molar-refractivity contribution < 1.29 is 0 Å². The fourth-order valence-corrected chi connectivity index (χ4v) is 1.78. The van der Waals surface area contributed by atoms with E-state index in [0.29, 0.717) is 6.04 Å². The summed E-state index contributed by atoms with van der Waals surface area (Å²) in [6, 6.07) is 0.581. The molecule has 2 rings (SSSR count). The van der Waals surface area contributed by atoms with Gasteiger partial charge in [-0.05, 0) is 12.8 Å². The van der Waals surface area contributed by atoms with E-state index in [9.17, 15) is 0 Å². The summed E-state index contributed by atoms with van der Waals surface area (Å²) in [6.45, 7) is 0. The van der Waals surface area contributed by atoms with Crippen molar-refractivity contribution in [3.63, 3.8) is 0 Å². The first kappa shape index (κ1) is 9.30. The second kappa shape index (κ2) is 3.86. The van der Waals surface area contributed by atoms with E-state index >= 15 is 0 Å². The molecule has 0 radical (unpaired) electrons. The quantitative estimate of drug-likeness (QED) is 0.761. The maximum atomic E-state index is 4.04. The first-order valence-corrected chi connectivity index (χ1v) is 5.12. The van der Waals surface area contributed by atoms with Gasteiger partial charge in [-0.1, -0.05) is 12.8 Å². The highest BCUT2D eigenvalue weighted by atomic mass is 15.4. The Balaban J connectivity index is 1.95. The van der Waals surface area contributed by atoms with Crippen molar-refractivity contribution in [2.75, 3.05) is 24.3 Å². The molecule has 1 fully saturated rings. The average Bonchev–Trinajstić information content (AvgIpc) is 2.75. The lowest BCUT2D eigenvalue weighted by atomic mass is 10.3. The molecule has 2 N–H and O–H groups in total. The van der Waals surface area contributed by atoms with Crippen LogP contribution in [0.25, 0.3) is 0 Å². The molecule has 1 heterocycles. The maximum Gasteiger partial charge on any atom is 0.225 e. The fourth-order valence-electron chi connectivity index (χ4n) is 1.78. The van der Waals surface area contributed by atoms with Crippen molar-refractivity contribution in [2.45, 2.75) is 31.7 Å². The third kappa shape index (κ3) is 1.97. The minimum absolute atomic E-state index is 0.581. The fraction of sp³-hybridized carbons (Fsp3) is 0.778. The zero-order valence-electron chi connectivity index (χ0n) is 8.75. The van der Waals surface area contributed by atoms with E-state index in [1.165, 1.54) is 25.7 Å². The topological polar surface area (TPSA) is 56.8 Å². The van der Waals surface area contributed by atoms with Crippen molar-refractivity contribution >= 4 is 11.9 Å². The smallest absolute Gasteiger partial charge is 0.225 e. The molecule has 1 saturated carbocycles. The van der Waals surface area contributed by atoms with Crippen LogP contribution in [-0.4, -0.2) is 35.3 Å². The summed E-state index contributed by atoms with van der Waals surface area (Å²) in [7, 11) is 3.89. The molecule has 1 aliphatic carbocycles. The second-order valence-corrected chi connectivity index (χ2v) is 4.02. The number of H-pyrrole nitrogens is 1. The summed E-state index contributed by atoms with van der Waals surface area (Å²) in [5.74, 6) is 1.59. The summed E-state index contributed by atoms with van der Waals surface area (Å²) in [4.78, 5) is 5.04. The van der Waals surface area contributed by atoms with Gasteiger partial charge in [0.1, 0.15) is 0 Å². The summed E-state index contributed by atoms with van der Waals surface area (Å²) in [6.07, 6.45) is 5.15. The molecule has 0 amide bonds. The van der Waals surface area contributed by atoms with E-state index in [4.69, 9.17) is 0 Å². The average molecular weight is 195 g/mol. The number of rotatable bonds is 3. The van der Waals surface area contributed by atoms with Crippen molar-refractivity contribution in [1.82, 2.24) is 15.2 Å². The predicted octanol–water partition coefficient (Wildman–Crippen LogP) is 1.23. The molecule has 0 bridgehead atoms. The second-order valence-electron chi connectivity index (χ2n) is 4.02. The van der Waals surface area contributed by atoms with Crippen LogP contribution in [0.3, 0.4) is 0 Å². The van der Waals surface area contributed by atoms with Crippen LogP contribution in [0, 0.1) is 0 Å². The zero-order valence-corrected chi connectivity index (χ0v) is 8.75. The van der Waals surface area contributed by atoms with Gasteiger partial charge in [-0.3, -0.25) is 4.98 Å². The lowest BCUT2D eigenvalue weighted by Gasteiger charge is -2.09. The van der Waals surface area contributed by atoms with Crippen LogP contribution >= 0.6 is 0 Å². The normalized spacial score (nSPS) is 17.3. The van der Waals surface area contributed by atoms with Gasteiger partial charge in [-0.15, -0.1) is 10.2 Å². The van der Waals surface area contributed by atoms with Crippen LogP contribution in [0.2, 0.25) is 0 Å². The van der Waals surface area contributed by atoms with Gasteiger partial charge in [-0.2, -0.15) is 0 Å². The van der Waals surface area contributed by atoms with Gasteiger partial charge in [0.2, 0.25) is 11.9 Å². The molecule has 1 aromatic rings. The van der Waals surface area contributed by atoms with E-state index in [0.717, 1.165) is 11.9 Å². The summed E-state index contributed by atoms with van der Waals surface area (Å²) >= 11 is 0. The molecule has 0 saturated heterocycles. The van der Waals surface area contributed by atoms with Gasteiger partial charge in [0.15, 0.2) is 0 Å². The van der Waals surface area contributed by atoms with Gasteiger partial charge in [0.05, 0.1) is 0 Å². The minimum atomic E-state index is 0.581. The Morgan fingerprint density at radius 2 is 2.00 bits per heavy atom. The molecule has 14 heavy (non-hydrogen) atoms. The first-order chi connectivity index (χ1) is 6.75. The molecule has 0 aliphatic heterocycles. The molecule has 0 spiro atoms. The van der Waals surface area contributed by atoms with Gasteiger partial charge in [0, 0.05) is 20.1 Å². The zero-order chi connectivity index (χ0) is 9.97. The number of hydrogen-bond donors (Lipinski definition) is 2. The highest BCUT2D eigenvalue weighted by Crippen LogP contribution is 2.20. The summed E-state index contributed by atoms with van der Waals surface area (Å²) in [5.41, 5.74) is 0. The van der Waals surface area contributed by atoms with E-state index in [2.05, 4.69) is 20.5 Å². The van der Waals surface area contributed by atoms with Crippen molar-refractivity contribution in [3.8, 4) is 0 Å². The van der Waals surface area contributed by atoms with Crippen molar-refractivity contribution in [1.29, 1.82) is 0 Å². The minimum Gasteiger partial charge on any atom is -0.352 e. The van der Waals surface area contributed by atoms with E-state index in [1.807, 2.05) is 19.0 Å². The molecule has 5 nitrogen and oxygen atoms in total. The molecule has 5 heteroatoms. The van der Waals surface area contributed by atoms with Crippen molar-refractivity contribution in [3.05, 3.63) is 0 Å². The molecule has 78 valence electrons. The van der Waals surface area contributed by atoms with Gasteiger partial charge < -0.3 is 10.2 Å². The van der Waals surface area contributed by atoms with Crippen molar-refractivity contribution in [2.24, 2.45) is 0 Å². The lowest BCUT2D eigenvalue weighted by Crippen LogP contribution is -2.15. The molecule has 0 atom stereocenters. The van der Waals surface area contributed by atoms with E-state index < -0.39 is 0 Å². The molecule has 0 unspecified atom stereocenters. The number of aromatic nitrogens is 3. The number of nitrogens with one attached hydrogen (secondary N) is 2. The van der Waals surface area contributed by atoms with Crippen LogP contribution < -0.4 is 10.2 Å². The number of hydrogen-bond acceptors (Lipinski definition) is 4. The third-order valence-corrected chi connectivity index (χ3v) is 2.59. The number of aromatic amines is 1. The van der Waals surface area contributed by atoms with Crippen LogP contribution in [-0.2, 0) is 0 Å². The van der Waals surface area contributed by atoms with Crippen LogP contribution in [0.15, 0.2) is 0 Å². The van der Waals surface area contributed by atoms with Crippen LogP contribution in [0.1, 0.15) is 25.7 Å². The largest absolute Gasteiger partial charge is 0.352 e. The molecular weight excluding hydrogens is 178 g/mol. The Kier molecular flexibility index (Phi) is 2.56. The summed E-state index contributed by atoms with van der Waals surface area (Å²) < 4.78 is 0. The Morgan fingerprint density at radius 1 is 1.29 bits per heavy atom. The van der Waals surface area contributed by atoms with Crippen LogP contribution in [0.5, 0.6) is 0 Å². The Bertz CT molecular complexity index is 287. The van der Waals surface area contributed by atoms with E-state index in [1.54, 1.807) is 0 Å². The maximum absolute atomic E-state index is 4.04. The SMILES string of the molecule is CN(C)c1nnc(NC2CCCC2)[nH]1. The highest BCUT2D eigenvalue weighted by Gasteiger charge is 2.16. The van der Waals surface area contributed by atoms with Gasteiger partial charge >= 0.3 is 0 Å². The Labute approximate surface area is 83.9 Å². The number of nitrogens with zero attached hydrogens (tertiary/aromatic N) is 3. The molecule has 1 aromatic heterocycles. The highest BCUT2D eigenvalue weighted by molar-refractivity contribution is 5.35. The number of anilines is 2. The third-order valence-electron chi connectivity index (χ3n) is 2.59. The molecular formula is C9H17N5. The van der Waals surface area contributed by atoms with Gasteiger partial charge in [0.25, 0.3) is 0 Å². The first-order valence-electron chi connectivity index (χ1n) is 5.12. The monoisotopic (exact) mass is 195 g/mol. The predicted molar refractivity (Wildman–Crippen MR) is 56.6 cm³/mol. The Morgan fingerprint density at radius 3 is 2.57 bits per heavy atom. The Hall–Kier alpha value is -1.26. The molecule has 0 aromatic carbocycles. The summed E-state index contributed by atoms with van der Waals surface area (Å²) in [5, 5.41) is 11.4. The van der Waals surface area contributed by atoms with Gasteiger partial charge in [-0.25, -0.2) is 0 Å². The standard InChI is InChI=1S/C9H17N5/c1-14(2)9-11-8(12-13-9)10-7-5-3-4-6-7/h7H,3-6H2,1-2H3,(H2,10,11,12,13).